The quantitative estimate of drug-likeness (QED) is 0.842. The number of carbonyl (C=O) groups excluding carboxylic acids is 1. The summed E-state index contributed by atoms with van der Waals surface area (Å²) in [4.78, 5) is 20.3. The highest BCUT2D eigenvalue weighted by molar-refractivity contribution is 5.94. The minimum Gasteiger partial charge on any atom is -0.384 e. The van der Waals surface area contributed by atoms with Gasteiger partial charge in [-0.25, -0.2) is 4.98 Å². The molecule has 0 bridgehead atoms. The second-order valence-electron chi connectivity index (χ2n) is 4.94. The van der Waals surface area contributed by atoms with Crippen LogP contribution in [0.4, 0.5) is 5.82 Å². The molecule has 1 aliphatic rings. The van der Waals surface area contributed by atoms with Crippen molar-refractivity contribution in [2.75, 3.05) is 32.9 Å². The van der Waals surface area contributed by atoms with Gasteiger partial charge in [-0.05, 0) is 38.6 Å². The van der Waals surface area contributed by atoms with Crippen LogP contribution in [0.25, 0.3) is 0 Å². The lowest BCUT2D eigenvalue weighted by atomic mass is 10.0. The molecule has 0 aliphatic carbocycles. The fourth-order valence-corrected chi connectivity index (χ4v) is 2.41. The second-order valence-corrected chi connectivity index (χ2v) is 4.94. The molecule has 98 valence electrons. The standard InChI is InChI=1S/C13H20N4O/c1-16-7-3-4-11(9-16)17(2)13(18)10-5-6-15-12(14)8-10/h5-6,8,11H,3-4,7,9H2,1-2H3,(H2,14,15). The van der Waals surface area contributed by atoms with Crippen LogP contribution >= 0.6 is 0 Å². The van der Waals surface area contributed by atoms with Gasteiger partial charge >= 0.3 is 0 Å². The number of nitrogens with two attached hydrogens (primary N) is 1. The van der Waals surface area contributed by atoms with Crippen molar-refractivity contribution in [3.8, 4) is 0 Å². The number of likely N-dealkylation sites (N-methyl/N-ethyl adjacent to an activating group) is 2. The third kappa shape index (κ3) is 2.79. The number of hydrogen-bond acceptors (Lipinski definition) is 4. The normalized spacial score (nSPS) is 20.7. The van der Waals surface area contributed by atoms with E-state index in [0.29, 0.717) is 11.4 Å². The molecule has 1 saturated heterocycles. The van der Waals surface area contributed by atoms with Crippen LogP contribution in [-0.4, -0.2) is 53.9 Å². The Kier molecular flexibility index (Phi) is 3.81. The summed E-state index contributed by atoms with van der Waals surface area (Å²) in [6.45, 7) is 2.05. The van der Waals surface area contributed by atoms with Gasteiger partial charge in [0.15, 0.2) is 0 Å². The highest BCUT2D eigenvalue weighted by atomic mass is 16.2. The van der Waals surface area contributed by atoms with Crippen LogP contribution in [0, 0.1) is 0 Å². The zero-order valence-corrected chi connectivity index (χ0v) is 11.0. The van der Waals surface area contributed by atoms with Crippen molar-refractivity contribution >= 4 is 11.7 Å². The summed E-state index contributed by atoms with van der Waals surface area (Å²) < 4.78 is 0. The van der Waals surface area contributed by atoms with E-state index >= 15 is 0 Å². The summed E-state index contributed by atoms with van der Waals surface area (Å²) in [5, 5.41) is 0. The summed E-state index contributed by atoms with van der Waals surface area (Å²) in [6.07, 6.45) is 3.77. The first-order chi connectivity index (χ1) is 8.58. The van der Waals surface area contributed by atoms with Crippen LogP contribution in [0.1, 0.15) is 23.2 Å². The number of rotatable bonds is 2. The third-order valence-corrected chi connectivity index (χ3v) is 3.50. The number of carbonyl (C=O) groups is 1. The zero-order valence-electron chi connectivity index (χ0n) is 11.0. The minimum atomic E-state index is 0.0180. The van der Waals surface area contributed by atoms with Crippen molar-refractivity contribution in [3.63, 3.8) is 0 Å². The van der Waals surface area contributed by atoms with Crippen molar-refractivity contribution in [3.05, 3.63) is 23.9 Å². The molecule has 5 nitrogen and oxygen atoms in total. The molecule has 0 spiro atoms. The molecule has 2 rings (SSSR count). The minimum absolute atomic E-state index is 0.0180. The van der Waals surface area contributed by atoms with Crippen molar-refractivity contribution in [1.82, 2.24) is 14.8 Å². The van der Waals surface area contributed by atoms with Crippen LogP contribution in [-0.2, 0) is 0 Å². The third-order valence-electron chi connectivity index (χ3n) is 3.50. The van der Waals surface area contributed by atoms with E-state index in [0.717, 1.165) is 25.9 Å². The van der Waals surface area contributed by atoms with Crippen molar-refractivity contribution in [2.24, 2.45) is 0 Å². The summed E-state index contributed by atoms with van der Waals surface area (Å²) >= 11 is 0. The topological polar surface area (TPSA) is 62.5 Å². The monoisotopic (exact) mass is 248 g/mol. The van der Waals surface area contributed by atoms with Gasteiger partial charge in [0.2, 0.25) is 0 Å². The van der Waals surface area contributed by atoms with Gasteiger partial charge in [-0.1, -0.05) is 0 Å². The average molecular weight is 248 g/mol. The molecule has 1 atom stereocenters. The maximum absolute atomic E-state index is 12.3. The second kappa shape index (κ2) is 5.35. The molecular weight excluding hydrogens is 228 g/mol. The van der Waals surface area contributed by atoms with Gasteiger partial charge in [-0.2, -0.15) is 0 Å². The molecule has 2 N–H and O–H groups in total. The van der Waals surface area contributed by atoms with Crippen LogP contribution in [0.2, 0.25) is 0 Å². The maximum Gasteiger partial charge on any atom is 0.254 e. The number of aromatic nitrogens is 1. The number of pyridine rings is 1. The highest BCUT2D eigenvalue weighted by Crippen LogP contribution is 2.16. The van der Waals surface area contributed by atoms with Crippen LogP contribution in [0.3, 0.4) is 0 Å². The van der Waals surface area contributed by atoms with Gasteiger partial charge in [0.25, 0.3) is 5.91 Å². The van der Waals surface area contributed by atoms with E-state index in [-0.39, 0.29) is 11.9 Å². The number of nitrogen functional groups attached to an aromatic ring is 1. The SMILES string of the molecule is CN1CCCC(N(C)C(=O)c2ccnc(N)c2)C1. The van der Waals surface area contributed by atoms with Gasteiger partial charge in [0.05, 0.1) is 0 Å². The number of likely N-dealkylation sites (tertiary alicyclic amines) is 1. The first kappa shape index (κ1) is 12.8. The van der Waals surface area contributed by atoms with E-state index < -0.39 is 0 Å². The molecule has 0 aromatic carbocycles. The summed E-state index contributed by atoms with van der Waals surface area (Å²) in [6, 6.07) is 3.62. The Morgan fingerprint density at radius 1 is 1.61 bits per heavy atom. The summed E-state index contributed by atoms with van der Waals surface area (Å²) in [5.41, 5.74) is 6.22. The Labute approximate surface area is 108 Å². The molecule has 1 amide bonds. The number of piperidine rings is 1. The number of hydrogen-bond donors (Lipinski definition) is 1. The van der Waals surface area contributed by atoms with Gasteiger partial charge in [0.1, 0.15) is 5.82 Å². The van der Waals surface area contributed by atoms with Crippen LogP contribution < -0.4 is 5.73 Å². The molecule has 1 fully saturated rings. The zero-order chi connectivity index (χ0) is 13.1. The molecular formula is C13H20N4O. The van der Waals surface area contributed by atoms with Crippen LogP contribution in [0.15, 0.2) is 18.3 Å². The predicted molar refractivity (Wildman–Crippen MR) is 71.3 cm³/mol. The van der Waals surface area contributed by atoms with E-state index in [9.17, 15) is 4.79 Å². The van der Waals surface area contributed by atoms with Crippen molar-refractivity contribution < 1.29 is 4.79 Å². The number of amides is 1. The molecule has 2 heterocycles. The Morgan fingerprint density at radius 3 is 3.06 bits per heavy atom. The van der Waals surface area contributed by atoms with Crippen molar-refractivity contribution in [2.45, 2.75) is 18.9 Å². The Bertz CT molecular complexity index is 435. The van der Waals surface area contributed by atoms with Gasteiger partial charge in [-0.3, -0.25) is 4.79 Å². The van der Waals surface area contributed by atoms with Crippen LogP contribution in [0.5, 0.6) is 0 Å². The highest BCUT2D eigenvalue weighted by Gasteiger charge is 2.25. The predicted octanol–water partition coefficient (Wildman–Crippen LogP) is 0.830. The molecule has 1 aliphatic heterocycles. The Morgan fingerprint density at radius 2 is 2.39 bits per heavy atom. The van der Waals surface area contributed by atoms with E-state index in [1.807, 2.05) is 11.9 Å². The summed E-state index contributed by atoms with van der Waals surface area (Å²) in [7, 11) is 3.96. The fraction of sp³-hybridized carbons (Fsp3) is 0.538. The lowest BCUT2D eigenvalue weighted by Crippen LogP contribution is -2.47. The van der Waals surface area contributed by atoms with Gasteiger partial charge < -0.3 is 15.5 Å². The molecule has 0 saturated carbocycles. The lowest BCUT2D eigenvalue weighted by molar-refractivity contribution is 0.0644. The van der Waals surface area contributed by atoms with E-state index in [1.54, 1.807) is 18.3 Å². The number of anilines is 1. The first-order valence-corrected chi connectivity index (χ1v) is 6.25. The number of nitrogens with zero attached hydrogens (tertiary/aromatic N) is 3. The first-order valence-electron chi connectivity index (χ1n) is 6.25. The molecule has 18 heavy (non-hydrogen) atoms. The Hall–Kier alpha value is -1.62. The molecule has 0 radical (unpaired) electrons. The van der Waals surface area contributed by atoms with Crippen molar-refractivity contribution in [1.29, 1.82) is 0 Å². The molecule has 1 aromatic rings. The largest absolute Gasteiger partial charge is 0.384 e. The smallest absolute Gasteiger partial charge is 0.254 e. The summed E-state index contributed by atoms with van der Waals surface area (Å²) in [5.74, 6) is 0.402. The Balaban J connectivity index is 2.08. The average Bonchev–Trinajstić information content (AvgIpc) is 2.37. The van der Waals surface area contributed by atoms with Gasteiger partial charge in [0, 0.05) is 31.4 Å². The van der Waals surface area contributed by atoms with E-state index in [4.69, 9.17) is 5.73 Å². The molecule has 1 unspecified atom stereocenters. The maximum atomic E-state index is 12.3. The van der Waals surface area contributed by atoms with Gasteiger partial charge in [-0.15, -0.1) is 0 Å². The lowest BCUT2D eigenvalue weighted by Gasteiger charge is -2.35. The fourth-order valence-electron chi connectivity index (χ4n) is 2.41. The van der Waals surface area contributed by atoms with E-state index in [2.05, 4.69) is 16.9 Å². The molecule has 1 aromatic heterocycles. The van der Waals surface area contributed by atoms with E-state index in [1.165, 1.54) is 0 Å². The molecule has 5 heteroatoms.